The summed E-state index contributed by atoms with van der Waals surface area (Å²) >= 11 is 0. The minimum absolute atomic E-state index is 0.367. The Morgan fingerprint density at radius 1 is 1.32 bits per heavy atom. The third-order valence-electron chi connectivity index (χ3n) is 5.05. The lowest BCUT2D eigenvalue weighted by molar-refractivity contribution is 0.201. The van der Waals surface area contributed by atoms with Crippen LogP contribution in [-0.4, -0.2) is 34.0 Å². The third-order valence-corrected chi connectivity index (χ3v) is 5.05. The molecule has 2 aromatic rings. The van der Waals surface area contributed by atoms with Gasteiger partial charge in [-0.1, -0.05) is 6.07 Å². The fraction of sp³-hybridized carbons (Fsp3) is 0.579. The van der Waals surface area contributed by atoms with Crippen LogP contribution in [0.2, 0.25) is 0 Å². The summed E-state index contributed by atoms with van der Waals surface area (Å²) < 4.78 is 7.99. The quantitative estimate of drug-likeness (QED) is 0.846. The molecular formula is C19H27N5O. The number of nitrogens with one attached hydrogen (secondary N) is 2. The lowest BCUT2D eigenvalue weighted by Crippen LogP contribution is -2.35. The number of fused-ring (bicyclic) bond motifs is 1. The van der Waals surface area contributed by atoms with Crippen molar-refractivity contribution in [1.82, 2.24) is 20.1 Å². The minimum Gasteiger partial charge on any atom is -0.474 e. The second-order valence-corrected chi connectivity index (χ2v) is 7.26. The van der Waals surface area contributed by atoms with Gasteiger partial charge in [-0.2, -0.15) is 5.10 Å². The molecule has 0 amide bonds. The fourth-order valence-corrected chi connectivity index (χ4v) is 3.70. The first kappa shape index (κ1) is 16.4. The Labute approximate surface area is 149 Å². The van der Waals surface area contributed by atoms with Crippen LogP contribution in [0.4, 0.5) is 5.82 Å². The number of hydrogen-bond donors (Lipinski definition) is 2. The van der Waals surface area contributed by atoms with Gasteiger partial charge in [0.2, 0.25) is 5.88 Å². The number of anilines is 1. The molecule has 0 spiro atoms. The van der Waals surface area contributed by atoms with Crippen molar-refractivity contribution in [3.8, 4) is 5.88 Å². The number of ether oxygens (including phenoxy) is 1. The van der Waals surface area contributed by atoms with Gasteiger partial charge in [0.25, 0.3) is 0 Å². The van der Waals surface area contributed by atoms with Gasteiger partial charge in [-0.25, -0.2) is 9.67 Å². The summed E-state index contributed by atoms with van der Waals surface area (Å²) in [5.74, 6) is 2.44. The highest BCUT2D eigenvalue weighted by atomic mass is 16.5. The Kier molecular flexibility index (Phi) is 4.88. The van der Waals surface area contributed by atoms with Crippen molar-refractivity contribution in [2.24, 2.45) is 5.92 Å². The third kappa shape index (κ3) is 4.12. The molecule has 6 heteroatoms. The number of pyridine rings is 1. The molecule has 1 saturated carbocycles. The zero-order valence-electron chi connectivity index (χ0n) is 14.9. The second-order valence-electron chi connectivity index (χ2n) is 7.26. The molecule has 134 valence electrons. The van der Waals surface area contributed by atoms with Crippen LogP contribution in [0.3, 0.4) is 0 Å². The monoisotopic (exact) mass is 341 g/mol. The smallest absolute Gasteiger partial charge is 0.213 e. The molecule has 1 aliphatic carbocycles. The normalized spacial score (nSPS) is 20.3. The molecule has 3 heterocycles. The maximum absolute atomic E-state index is 5.92. The predicted octanol–water partition coefficient (Wildman–Crippen LogP) is 2.74. The van der Waals surface area contributed by atoms with E-state index in [2.05, 4.69) is 37.5 Å². The fourth-order valence-electron chi connectivity index (χ4n) is 3.70. The number of aryl methyl sites for hydroxylation is 1. The van der Waals surface area contributed by atoms with E-state index in [1.807, 2.05) is 19.2 Å². The SMILES string of the molecule is Cc1cc2n(n1)C[C@H](CNCc1ccc(OC3CCCC3)nc1)CN2. The van der Waals surface area contributed by atoms with Gasteiger partial charge in [0.15, 0.2) is 0 Å². The van der Waals surface area contributed by atoms with Crippen molar-refractivity contribution in [3.05, 3.63) is 35.7 Å². The molecule has 2 aromatic heterocycles. The Bertz CT molecular complexity index is 690. The molecule has 0 saturated heterocycles. The zero-order chi connectivity index (χ0) is 17.1. The second kappa shape index (κ2) is 7.44. The summed E-state index contributed by atoms with van der Waals surface area (Å²) in [5.41, 5.74) is 2.26. The lowest BCUT2D eigenvalue weighted by atomic mass is 10.1. The first-order chi connectivity index (χ1) is 12.3. The number of nitrogens with zero attached hydrogens (tertiary/aromatic N) is 3. The van der Waals surface area contributed by atoms with E-state index in [-0.39, 0.29) is 0 Å². The largest absolute Gasteiger partial charge is 0.474 e. The summed E-state index contributed by atoms with van der Waals surface area (Å²) in [5, 5.41) is 11.5. The van der Waals surface area contributed by atoms with Crippen molar-refractivity contribution < 1.29 is 4.74 Å². The van der Waals surface area contributed by atoms with Crippen LogP contribution in [0.5, 0.6) is 5.88 Å². The van der Waals surface area contributed by atoms with E-state index in [9.17, 15) is 0 Å². The first-order valence-electron chi connectivity index (χ1n) is 9.37. The van der Waals surface area contributed by atoms with Crippen LogP contribution in [-0.2, 0) is 13.1 Å². The molecule has 4 rings (SSSR count). The average Bonchev–Trinajstić information content (AvgIpc) is 3.24. The highest BCUT2D eigenvalue weighted by molar-refractivity contribution is 5.38. The number of rotatable bonds is 6. The minimum atomic E-state index is 0.367. The molecule has 0 bridgehead atoms. The van der Waals surface area contributed by atoms with Crippen molar-refractivity contribution >= 4 is 5.82 Å². The van der Waals surface area contributed by atoms with E-state index in [0.717, 1.165) is 56.4 Å². The van der Waals surface area contributed by atoms with Gasteiger partial charge in [-0.3, -0.25) is 0 Å². The molecule has 0 aromatic carbocycles. The van der Waals surface area contributed by atoms with Crippen molar-refractivity contribution in [1.29, 1.82) is 0 Å². The standard InChI is InChI=1S/C19H27N5O/c1-14-8-18-21-12-16(13-24(18)23-14)10-20-9-15-6-7-19(22-11-15)25-17-4-2-3-5-17/h6-8,11,16-17,20-21H,2-5,9-10,12-13H2,1H3/t16-/m1/s1. The van der Waals surface area contributed by atoms with Crippen molar-refractivity contribution in [2.75, 3.05) is 18.4 Å². The van der Waals surface area contributed by atoms with Crippen molar-refractivity contribution in [2.45, 2.75) is 51.8 Å². The van der Waals surface area contributed by atoms with E-state index in [0.29, 0.717) is 12.0 Å². The van der Waals surface area contributed by atoms with Gasteiger partial charge in [0.05, 0.1) is 5.69 Å². The molecule has 2 N–H and O–H groups in total. The predicted molar refractivity (Wildman–Crippen MR) is 97.8 cm³/mol. The van der Waals surface area contributed by atoms with Crippen LogP contribution in [0, 0.1) is 12.8 Å². The van der Waals surface area contributed by atoms with E-state index in [1.165, 1.54) is 18.4 Å². The van der Waals surface area contributed by atoms with Gasteiger partial charge in [0, 0.05) is 50.4 Å². The van der Waals surface area contributed by atoms with Gasteiger partial charge in [0.1, 0.15) is 11.9 Å². The Morgan fingerprint density at radius 3 is 3.00 bits per heavy atom. The topological polar surface area (TPSA) is 64.0 Å². The lowest BCUT2D eigenvalue weighted by Gasteiger charge is -2.25. The average molecular weight is 341 g/mol. The zero-order valence-corrected chi connectivity index (χ0v) is 14.9. The van der Waals surface area contributed by atoms with Crippen LogP contribution < -0.4 is 15.4 Å². The van der Waals surface area contributed by atoms with Crippen LogP contribution >= 0.6 is 0 Å². The van der Waals surface area contributed by atoms with Gasteiger partial charge in [-0.05, 0) is 38.2 Å². The molecule has 1 atom stereocenters. The first-order valence-corrected chi connectivity index (χ1v) is 9.37. The molecule has 1 aliphatic heterocycles. The molecule has 1 fully saturated rings. The summed E-state index contributed by atoms with van der Waals surface area (Å²) in [4.78, 5) is 4.45. The van der Waals surface area contributed by atoms with E-state index in [1.54, 1.807) is 0 Å². The Balaban J connectivity index is 1.22. The molecule has 6 nitrogen and oxygen atoms in total. The molecule has 2 aliphatic rings. The molecular weight excluding hydrogens is 314 g/mol. The maximum Gasteiger partial charge on any atom is 0.213 e. The van der Waals surface area contributed by atoms with Gasteiger partial charge >= 0.3 is 0 Å². The van der Waals surface area contributed by atoms with Crippen molar-refractivity contribution in [3.63, 3.8) is 0 Å². The van der Waals surface area contributed by atoms with Crippen LogP contribution in [0.1, 0.15) is 36.9 Å². The Hall–Kier alpha value is -2.08. The van der Waals surface area contributed by atoms with E-state index in [4.69, 9.17) is 4.74 Å². The van der Waals surface area contributed by atoms with Crippen LogP contribution in [0.25, 0.3) is 0 Å². The van der Waals surface area contributed by atoms with Crippen LogP contribution in [0.15, 0.2) is 24.4 Å². The number of hydrogen-bond acceptors (Lipinski definition) is 5. The summed E-state index contributed by atoms with van der Waals surface area (Å²) in [6, 6.07) is 6.21. The summed E-state index contributed by atoms with van der Waals surface area (Å²) in [7, 11) is 0. The maximum atomic E-state index is 5.92. The van der Waals surface area contributed by atoms with Gasteiger partial charge in [-0.15, -0.1) is 0 Å². The van der Waals surface area contributed by atoms with E-state index < -0.39 is 0 Å². The highest BCUT2D eigenvalue weighted by Crippen LogP contribution is 2.23. The summed E-state index contributed by atoms with van der Waals surface area (Å²) in [6.07, 6.45) is 7.18. The molecule has 0 radical (unpaired) electrons. The summed E-state index contributed by atoms with van der Waals surface area (Å²) in [6.45, 7) is 5.79. The molecule has 25 heavy (non-hydrogen) atoms. The highest BCUT2D eigenvalue weighted by Gasteiger charge is 2.19. The van der Waals surface area contributed by atoms with E-state index >= 15 is 0 Å². The Morgan fingerprint density at radius 2 is 2.20 bits per heavy atom. The number of aromatic nitrogens is 3. The van der Waals surface area contributed by atoms with Gasteiger partial charge < -0.3 is 15.4 Å². The molecule has 0 unspecified atom stereocenters.